The molecule has 2 aliphatic carbocycles. The van der Waals surface area contributed by atoms with Gasteiger partial charge in [-0.2, -0.15) is 0 Å². The molecule has 17 heavy (non-hydrogen) atoms. The second-order valence-corrected chi connectivity index (χ2v) is 5.00. The quantitative estimate of drug-likeness (QED) is 0.526. The molecule has 2 unspecified atom stereocenters. The fourth-order valence-corrected chi connectivity index (χ4v) is 2.48. The number of allylic oxidation sites excluding steroid dienone is 8. The SMILES string of the molecule is C/C=C\CC.CC1=C2C=CC=CC2C(C)CC1. The smallest absolute Gasteiger partial charge is 0.00463 e. The molecule has 2 atom stereocenters. The maximum Gasteiger partial charge on any atom is 0.00463 e. The molecule has 0 fully saturated rings. The van der Waals surface area contributed by atoms with Gasteiger partial charge in [-0.05, 0) is 44.6 Å². The van der Waals surface area contributed by atoms with E-state index in [-0.39, 0.29) is 0 Å². The van der Waals surface area contributed by atoms with Gasteiger partial charge in [-0.25, -0.2) is 0 Å². The van der Waals surface area contributed by atoms with Crippen molar-refractivity contribution in [2.75, 3.05) is 0 Å². The molecule has 0 radical (unpaired) electrons. The highest BCUT2D eigenvalue weighted by Crippen LogP contribution is 2.37. The van der Waals surface area contributed by atoms with Crippen molar-refractivity contribution in [3.63, 3.8) is 0 Å². The van der Waals surface area contributed by atoms with Crippen LogP contribution < -0.4 is 0 Å². The zero-order valence-electron chi connectivity index (χ0n) is 11.7. The highest BCUT2D eigenvalue weighted by atomic mass is 14.3. The molecule has 0 saturated carbocycles. The molecule has 0 aliphatic heterocycles. The van der Waals surface area contributed by atoms with Gasteiger partial charge in [-0.1, -0.05) is 55.9 Å². The minimum absolute atomic E-state index is 0.712. The maximum atomic E-state index is 2.36. The van der Waals surface area contributed by atoms with Gasteiger partial charge < -0.3 is 0 Å². The van der Waals surface area contributed by atoms with Crippen molar-refractivity contribution in [2.24, 2.45) is 11.8 Å². The van der Waals surface area contributed by atoms with Crippen LogP contribution in [-0.4, -0.2) is 0 Å². The third-order valence-corrected chi connectivity index (χ3v) is 3.62. The van der Waals surface area contributed by atoms with Crippen LogP contribution in [-0.2, 0) is 0 Å². The summed E-state index contributed by atoms with van der Waals surface area (Å²) in [6, 6.07) is 0. The summed E-state index contributed by atoms with van der Waals surface area (Å²) in [7, 11) is 0. The minimum atomic E-state index is 0.712. The first-order valence-corrected chi connectivity index (χ1v) is 6.86. The second-order valence-electron chi connectivity index (χ2n) is 5.00. The Morgan fingerprint density at radius 3 is 2.65 bits per heavy atom. The topological polar surface area (TPSA) is 0 Å². The molecule has 0 amide bonds. The number of rotatable bonds is 1. The first-order chi connectivity index (χ1) is 8.20. The molecule has 0 spiro atoms. The van der Waals surface area contributed by atoms with Crippen molar-refractivity contribution < 1.29 is 0 Å². The Balaban J connectivity index is 0.000000249. The molecular formula is C17H26. The van der Waals surface area contributed by atoms with E-state index in [1.54, 1.807) is 11.1 Å². The Labute approximate surface area is 107 Å². The largest absolute Gasteiger partial charge is 0.0917 e. The van der Waals surface area contributed by atoms with Gasteiger partial charge in [0.1, 0.15) is 0 Å². The van der Waals surface area contributed by atoms with Gasteiger partial charge >= 0.3 is 0 Å². The van der Waals surface area contributed by atoms with Crippen molar-refractivity contribution >= 4 is 0 Å². The Bertz CT molecular complexity index is 339. The van der Waals surface area contributed by atoms with Crippen LogP contribution in [0.3, 0.4) is 0 Å². The average Bonchev–Trinajstić information content (AvgIpc) is 2.36. The lowest BCUT2D eigenvalue weighted by Crippen LogP contribution is -2.18. The summed E-state index contributed by atoms with van der Waals surface area (Å²) in [5.74, 6) is 1.55. The second kappa shape index (κ2) is 7.32. The highest BCUT2D eigenvalue weighted by molar-refractivity contribution is 5.38. The molecule has 0 aromatic rings. The van der Waals surface area contributed by atoms with Crippen LogP contribution in [0.1, 0.15) is 47.0 Å². The fourth-order valence-electron chi connectivity index (χ4n) is 2.48. The molecule has 2 aliphatic rings. The third kappa shape index (κ3) is 4.03. The molecule has 0 saturated heterocycles. The van der Waals surface area contributed by atoms with E-state index >= 15 is 0 Å². The Morgan fingerprint density at radius 1 is 1.35 bits per heavy atom. The molecule has 0 heterocycles. The Hall–Kier alpha value is -1.04. The van der Waals surface area contributed by atoms with Gasteiger partial charge in [0.15, 0.2) is 0 Å². The summed E-state index contributed by atoms with van der Waals surface area (Å²) in [6.07, 6.45) is 17.0. The Morgan fingerprint density at radius 2 is 2.12 bits per heavy atom. The van der Waals surface area contributed by atoms with Crippen LogP contribution in [0, 0.1) is 11.8 Å². The van der Waals surface area contributed by atoms with E-state index in [1.165, 1.54) is 12.8 Å². The number of fused-ring (bicyclic) bond motifs is 1. The third-order valence-electron chi connectivity index (χ3n) is 3.62. The van der Waals surface area contributed by atoms with E-state index in [2.05, 4.69) is 57.2 Å². The normalized spacial score (nSPS) is 26.8. The molecule has 0 aromatic heterocycles. The van der Waals surface area contributed by atoms with Crippen LogP contribution in [0.25, 0.3) is 0 Å². The van der Waals surface area contributed by atoms with Gasteiger partial charge in [0.25, 0.3) is 0 Å². The van der Waals surface area contributed by atoms with E-state index in [4.69, 9.17) is 0 Å². The summed E-state index contributed by atoms with van der Waals surface area (Å²) in [5, 5.41) is 0. The first-order valence-electron chi connectivity index (χ1n) is 6.86. The minimum Gasteiger partial charge on any atom is -0.0917 e. The Kier molecular flexibility index (Phi) is 6.04. The van der Waals surface area contributed by atoms with E-state index in [0.29, 0.717) is 5.92 Å². The maximum absolute atomic E-state index is 2.36. The van der Waals surface area contributed by atoms with Gasteiger partial charge in [0.2, 0.25) is 0 Å². The summed E-state index contributed by atoms with van der Waals surface area (Å²) in [6.45, 7) is 8.79. The highest BCUT2D eigenvalue weighted by Gasteiger charge is 2.24. The molecule has 0 aromatic carbocycles. The van der Waals surface area contributed by atoms with E-state index in [0.717, 1.165) is 12.3 Å². The molecule has 0 nitrogen and oxygen atoms in total. The molecule has 0 bridgehead atoms. The van der Waals surface area contributed by atoms with Gasteiger partial charge in [-0.3, -0.25) is 0 Å². The summed E-state index contributed by atoms with van der Waals surface area (Å²) in [4.78, 5) is 0. The van der Waals surface area contributed by atoms with Gasteiger partial charge in [0.05, 0.1) is 0 Å². The zero-order valence-corrected chi connectivity index (χ0v) is 11.7. The van der Waals surface area contributed by atoms with Crippen LogP contribution in [0.5, 0.6) is 0 Å². The lowest BCUT2D eigenvalue weighted by atomic mass is 9.74. The van der Waals surface area contributed by atoms with Crippen LogP contribution in [0.4, 0.5) is 0 Å². The van der Waals surface area contributed by atoms with Crippen LogP contribution in [0.15, 0.2) is 47.6 Å². The zero-order chi connectivity index (χ0) is 12.7. The monoisotopic (exact) mass is 230 g/mol. The predicted octanol–water partition coefficient (Wildman–Crippen LogP) is 5.45. The first kappa shape index (κ1) is 14.0. The van der Waals surface area contributed by atoms with E-state index < -0.39 is 0 Å². The molecule has 0 N–H and O–H groups in total. The fraction of sp³-hybridized carbons (Fsp3) is 0.529. The lowest BCUT2D eigenvalue weighted by Gasteiger charge is -2.30. The summed E-state index contributed by atoms with van der Waals surface area (Å²) in [5.41, 5.74) is 3.18. The van der Waals surface area contributed by atoms with Crippen molar-refractivity contribution in [3.8, 4) is 0 Å². The lowest BCUT2D eigenvalue weighted by molar-refractivity contribution is 0.421. The van der Waals surface area contributed by atoms with Crippen molar-refractivity contribution in [1.82, 2.24) is 0 Å². The number of hydrogen-bond acceptors (Lipinski definition) is 0. The van der Waals surface area contributed by atoms with E-state index in [1.807, 2.05) is 6.92 Å². The average molecular weight is 230 g/mol. The van der Waals surface area contributed by atoms with Gasteiger partial charge in [-0.15, -0.1) is 0 Å². The predicted molar refractivity (Wildman–Crippen MR) is 78.0 cm³/mol. The van der Waals surface area contributed by atoms with Crippen molar-refractivity contribution in [3.05, 3.63) is 47.6 Å². The van der Waals surface area contributed by atoms with Crippen LogP contribution in [0.2, 0.25) is 0 Å². The van der Waals surface area contributed by atoms with Crippen molar-refractivity contribution in [2.45, 2.75) is 47.0 Å². The summed E-state index contributed by atoms with van der Waals surface area (Å²) < 4.78 is 0. The number of hydrogen-bond donors (Lipinski definition) is 0. The summed E-state index contributed by atoms with van der Waals surface area (Å²) >= 11 is 0. The van der Waals surface area contributed by atoms with Crippen molar-refractivity contribution in [1.29, 1.82) is 0 Å². The molecule has 0 heteroatoms. The molecular weight excluding hydrogens is 204 g/mol. The van der Waals surface area contributed by atoms with E-state index in [9.17, 15) is 0 Å². The van der Waals surface area contributed by atoms with Crippen LogP contribution >= 0.6 is 0 Å². The molecule has 2 rings (SSSR count). The van der Waals surface area contributed by atoms with Gasteiger partial charge in [0, 0.05) is 5.92 Å². The standard InChI is InChI=1S/C12H16.C5H10/c1-9-7-8-10(2)12-6-4-3-5-11(9)12;1-3-5-4-2/h3-6,9,11H,7-8H2,1-2H3;3,5H,4H2,1-2H3/b;5-3-. The molecule has 94 valence electrons.